The first-order chi connectivity index (χ1) is 13.4. The van der Waals surface area contributed by atoms with Crippen molar-refractivity contribution in [3.63, 3.8) is 0 Å². The minimum absolute atomic E-state index is 0.196. The second-order valence-electron chi connectivity index (χ2n) is 10.6. The third-order valence-corrected chi connectivity index (χ3v) is 9.41. The molecule has 0 aromatic heterocycles. The molecule has 28 heavy (non-hydrogen) atoms. The Balaban J connectivity index is 1.46. The fourth-order valence-corrected chi connectivity index (χ4v) is 7.89. The summed E-state index contributed by atoms with van der Waals surface area (Å²) in [5.41, 5.74) is 2.07. The van der Waals surface area contributed by atoms with Crippen molar-refractivity contribution in [2.75, 3.05) is 0 Å². The lowest BCUT2D eigenvalue weighted by atomic mass is 9.45. The Morgan fingerprint density at radius 1 is 1.04 bits per heavy atom. The fourth-order valence-electron chi connectivity index (χ4n) is 7.89. The second-order valence-corrected chi connectivity index (χ2v) is 10.6. The largest absolute Gasteiger partial charge is 0.294 e. The number of benzene rings is 1. The van der Waals surface area contributed by atoms with Gasteiger partial charge in [-0.05, 0) is 103 Å². The van der Waals surface area contributed by atoms with Gasteiger partial charge >= 0.3 is 0 Å². The third-order valence-electron chi connectivity index (χ3n) is 9.41. The molecule has 4 saturated carbocycles. The Morgan fingerprint density at radius 3 is 2.71 bits per heavy atom. The van der Waals surface area contributed by atoms with Gasteiger partial charge in [0.25, 0.3) is 0 Å². The lowest BCUT2D eigenvalue weighted by Crippen LogP contribution is -2.52. The summed E-state index contributed by atoms with van der Waals surface area (Å²) in [6, 6.07) is 6.65. The molecule has 0 unspecified atom stereocenters. The van der Waals surface area contributed by atoms with Crippen LogP contribution in [0.2, 0.25) is 0 Å². The van der Waals surface area contributed by atoms with Crippen molar-refractivity contribution in [1.82, 2.24) is 0 Å². The van der Waals surface area contributed by atoms with Gasteiger partial charge in [0.05, 0.1) is 0 Å². The van der Waals surface area contributed by atoms with E-state index in [9.17, 15) is 9.18 Å². The molecule has 4 fully saturated rings. The highest BCUT2D eigenvalue weighted by Crippen LogP contribution is 2.66. The van der Waals surface area contributed by atoms with Crippen LogP contribution < -0.4 is 0 Å². The van der Waals surface area contributed by atoms with E-state index in [-0.39, 0.29) is 11.2 Å². The minimum atomic E-state index is -0.230. The van der Waals surface area contributed by atoms with Crippen molar-refractivity contribution in [1.29, 1.82) is 0 Å². The molecule has 1 nitrogen and oxygen atoms in total. The van der Waals surface area contributed by atoms with Gasteiger partial charge in [-0.2, -0.15) is 0 Å². The van der Waals surface area contributed by atoms with Crippen LogP contribution in [-0.4, -0.2) is 5.78 Å². The third kappa shape index (κ3) is 2.66. The number of hydrogen-bond donors (Lipinski definition) is 0. The van der Waals surface area contributed by atoms with E-state index >= 15 is 0 Å². The minimum Gasteiger partial charge on any atom is -0.294 e. The molecule has 1 aromatic rings. The van der Waals surface area contributed by atoms with Gasteiger partial charge in [-0.3, -0.25) is 4.79 Å². The Hall–Kier alpha value is -1.44. The van der Waals surface area contributed by atoms with Crippen LogP contribution in [-0.2, 0) is 4.79 Å². The molecule has 0 bridgehead atoms. The monoisotopic (exact) mass is 380 g/mol. The molecule has 0 saturated heterocycles. The van der Waals surface area contributed by atoms with Crippen LogP contribution in [0.4, 0.5) is 4.39 Å². The maximum atomic E-state index is 13.6. The van der Waals surface area contributed by atoms with Gasteiger partial charge in [0.2, 0.25) is 0 Å². The summed E-state index contributed by atoms with van der Waals surface area (Å²) >= 11 is 0. The number of carbonyl (C=O) groups is 1. The summed E-state index contributed by atoms with van der Waals surface area (Å²) in [6.45, 7) is 4.81. The summed E-state index contributed by atoms with van der Waals surface area (Å²) in [5, 5.41) is 0. The molecular formula is C26H33FO. The highest BCUT2D eigenvalue weighted by molar-refractivity contribution is 6.05. The Bertz CT molecular complexity index is 825. The first-order valence-electron chi connectivity index (χ1n) is 11.4. The van der Waals surface area contributed by atoms with Gasteiger partial charge in [-0.1, -0.05) is 38.8 Å². The van der Waals surface area contributed by atoms with Crippen molar-refractivity contribution in [2.24, 2.45) is 34.5 Å². The zero-order chi connectivity index (χ0) is 19.5. The van der Waals surface area contributed by atoms with Gasteiger partial charge in [0.15, 0.2) is 5.78 Å². The fraction of sp³-hybridized carbons (Fsp3) is 0.654. The lowest BCUT2D eigenvalue weighted by Gasteiger charge is -2.59. The van der Waals surface area contributed by atoms with E-state index in [2.05, 4.69) is 13.8 Å². The number of allylic oxidation sites excluding steroid dienone is 1. The van der Waals surface area contributed by atoms with E-state index in [1.54, 1.807) is 12.1 Å². The van der Waals surface area contributed by atoms with Crippen LogP contribution in [0.25, 0.3) is 6.08 Å². The van der Waals surface area contributed by atoms with Gasteiger partial charge in [0, 0.05) is 5.41 Å². The van der Waals surface area contributed by atoms with Crippen molar-refractivity contribution in [3.8, 4) is 0 Å². The number of carbonyl (C=O) groups excluding carboxylic acids is 1. The summed E-state index contributed by atoms with van der Waals surface area (Å²) in [5.74, 6) is 3.00. The van der Waals surface area contributed by atoms with E-state index in [4.69, 9.17) is 0 Å². The summed E-state index contributed by atoms with van der Waals surface area (Å²) in [4.78, 5) is 13.4. The number of ketones is 1. The van der Waals surface area contributed by atoms with Gasteiger partial charge < -0.3 is 0 Å². The number of hydrogen-bond acceptors (Lipinski definition) is 1. The van der Waals surface area contributed by atoms with Crippen molar-refractivity contribution in [2.45, 2.75) is 71.6 Å². The summed E-state index contributed by atoms with van der Waals surface area (Å²) < 4.78 is 13.6. The van der Waals surface area contributed by atoms with Gasteiger partial charge in [-0.25, -0.2) is 4.39 Å². The highest BCUT2D eigenvalue weighted by Gasteiger charge is 2.60. The van der Waals surface area contributed by atoms with E-state index in [0.717, 1.165) is 35.8 Å². The van der Waals surface area contributed by atoms with Crippen molar-refractivity contribution in [3.05, 3.63) is 41.2 Å². The van der Waals surface area contributed by atoms with E-state index in [0.29, 0.717) is 23.0 Å². The first kappa shape index (κ1) is 18.6. The number of rotatable bonds is 1. The maximum absolute atomic E-state index is 13.6. The molecular weight excluding hydrogens is 347 g/mol. The number of fused-ring (bicyclic) bond motifs is 5. The molecule has 0 spiro atoms. The molecule has 5 rings (SSSR count). The summed E-state index contributed by atoms with van der Waals surface area (Å²) in [7, 11) is 0. The molecule has 4 aliphatic rings. The SMILES string of the molecule is C[C@]12CCCC[C@H]1CC[C@@H]1[C@@H]2CC[C@]2(C)C(=O)/C(=C/c3cccc(F)c3)C[C@@H]12. The van der Waals surface area contributed by atoms with Crippen LogP contribution in [0.1, 0.15) is 77.2 Å². The van der Waals surface area contributed by atoms with E-state index in [1.807, 2.05) is 12.1 Å². The van der Waals surface area contributed by atoms with Crippen LogP contribution in [0.3, 0.4) is 0 Å². The second kappa shape index (κ2) is 6.54. The van der Waals surface area contributed by atoms with E-state index < -0.39 is 0 Å². The van der Waals surface area contributed by atoms with Crippen molar-refractivity contribution >= 4 is 11.9 Å². The van der Waals surface area contributed by atoms with Crippen molar-refractivity contribution < 1.29 is 9.18 Å². The zero-order valence-corrected chi connectivity index (χ0v) is 17.3. The molecule has 0 N–H and O–H groups in total. The van der Waals surface area contributed by atoms with Crippen LogP contribution >= 0.6 is 0 Å². The van der Waals surface area contributed by atoms with Gasteiger partial charge in [-0.15, -0.1) is 0 Å². The molecule has 0 amide bonds. The molecule has 6 atom stereocenters. The number of Topliss-reactive ketones (excluding diaryl/α,β-unsaturated/α-hetero) is 1. The quantitative estimate of drug-likeness (QED) is 0.488. The first-order valence-corrected chi connectivity index (χ1v) is 11.4. The average Bonchev–Trinajstić information content (AvgIpc) is 2.92. The topological polar surface area (TPSA) is 17.1 Å². The maximum Gasteiger partial charge on any atom is 0.165 e. The lowest BCUT2D eigenvalue weighted by molar-refractivity contribution is -0.137. The Morgan fingerprint density at radius 2 is 1.89 bits per heavy atom. The molecule has 0 radical (unpaired) electrons. The van der Waals surface area contributed by atoms with Gasteiger partial charge in [0.1, 0.15) is 5.82 Å². The average molecular weight is 381 g/mol. The predicted molar refractivity (Wildman–Crippen MR) is 111 cm³/mol. The molecule has 0 heterocycles. The summed E-state index contributed by atoms with van der Waals surface area (Å²) in [6.07, 6.45) is 13.4. The Labute approximate surface area is 168 Å². The van der Waals surface area contributed by atoms with E-state index in [1.165, 1.54) is 51.0 Å². The smallest absolute Gasteiger partial charge is 0.165 e. The highest BCUT2D eigenvalue weighted by atomic mass is 19.1. The van der Waals surface area contributed by atoms with Crippen LogP contribution in [0, 0.1) is 40.3 Å². The van der Waals surface area contributed by atoms with Crippen LogP contribution in [0.5, 0.6) is 0 Å². The molecule has 1 aromatic carbocycles. The Kier molecular flexibility index (Phi) is 4.34. The standard InChI is InChI=1S/C26H33FO/c1-25-12-4-3-7-19(25)9-10-21-22(25)11-13-26(2)23(21)16-18(24(26)28)14-17-6-5-8-20(27)15-17/h5-6,8,14-15,19,21-23H,3-4,7,9-13,16H2,1-2H3/b18-14+/t19-,21+,22-,23-,25-,26-/m0/s1. The molecule has 4 aliphatic carbocycles. The zero-order valence-electron chi connectivity index (χ0n) is 17.3. The predicted octanol–water partition coefficient (Wildman–Crippen LogP) is 6.82. The molecule has 0 aliphatic heterocycles. The number of halogens is 1. The van der Waals surface area contributed by atoms with Crippen LogP contribution in [0.15, 0.2) is 29.8 Å². The normalized spacial score (nSPS) is 44.1. The molecule has 150 valence electrons. The molecule has 2 heteroatoms.